The highest BCUT2D eigenvalue weighted by atomic mass is 127. The fourth-order valence-corrected chi connectivity index (χ4v) is 4.26. The maximum atomic E-state index is 6.41. The predicted octanol–water partition coefficient (Wildman–Crippen LogP) is 7.32. The van der Waals surface area contributed by atoms with Gasteiger partial charge in [-0.3, -0.25) is 0 Å². The molecule has 1 heterocycles. The van der Waals surface area contributed by atoms with Gasteiger partial charge in [0.2, 0.25) is 0 Å². The van der Waals surface area contributed by atoms with Crippen molar-refractivity contribution < 1.29 is 4.42 Å². The fraction of sp³-hybridized carbons (Fsp3) is 0.0435. The molecule has 0 radical (unpaired) electrons. The van der Waals surface area contributed by atoms with E-state index in [9.17, 15) is 0 Å². The van der Waals surface area contributed by atoms with Gasteiger partial charge in [-0.25, -0.2) is 0 Å². The number of rotatable bonds is 1. The Kier molecular flexibility index (Phi) is 3.35. The van der Waals surface area contributed by atoms with Crippen LogP contribution in [0.2, 0.25) is 0 Å². The molecule has 0 aliphatic rings. The van der Waals surface area contributed by atoms with Crippen LogP contribution in [0.4, 0.5) is 0 Å². The Labute approximate surface area is 159 Å². The monoisotopic (exact) mass is 434 g/mol. The van der Waals surface area contributed by atoms with E-state index < -0.39 is 0 Å². The van der Waals surface area contributed by atoms with Crippen LogP contribution in [0.25, 0.3) is 43.8 Å². The van der Waals surface area contributed by atoms with Crippen molar-refractivity contribution in [2.75, 3.05) is 0 Å². The Bertz CT molecular complexity index is 1260. The van der Waals surface area contributed by atoms with E-state index in [1.165, 1.54) is 38.2 Å². The third-order valence-electron chi connectivity index (χ3n) is 4.77. The summed E-state index contributed by atoms with van der Waals surface area (Å²) < 4.78 is 7.55. The Morgan fingerprint density at radius 1 is 0.720 bits per heavy atom. The van der Waals surface area contributed by atoms with Gasteiger partial charge in [0.05, 0.1) is 3.57 Å². The van der Waals surface area contributed by atoms with Crippen LogP contribution >= 0.6 is 22.6 Å². The topological polar surface area (TPSA) is 13.1 Å². The van der Waals surface area contributed by atoms with E-state index >= 15 is 0 Å². The van der Waals surface area contributed by atoms with E-state index in [1.807, 2.05) is 0 Å². The van der Waals surface area contributed by atoms with Crippen LogP contribution in [0.3, 0.4) is 0 Å². The minimum Gasteiger partial charge on any atom is -0.454 e. The van der Waals surface area contributed by atoms with Gasteiger partial charge in [0.1, 0.15) is 11.2 Å². The van der Waals surface area contributed by atoms with Crippen LogP contribution in [-0.4, -0.2) is 0 Å². The summed E-state index contributed by atoms with van der Waals surface area (Å²) >= 11 is 2.35. The van der Waals surface area contributed by atoms with Crippen LogP contribution < -0.4 is 0 Å². The third-order valence-corrected chi connectivity index (χ3v) is 5.62. The van der Waals surface area contributed by atoms with Crippen molar-refractivity contribution in [1.82, 2.24) is 0 Å². The lowest BCUT2D eigenvalue weighted by atomic mass is 9.94. The first kappa shape index (κ1) is 15.0. The number of para-hydroxylation sites is 1. The van der Waals surface area contributed by atoms with Crippen molar-refractivity contribution in [1.29, 1.82) is 0 Å². The van der Waals surface area contributed by atoms with Crippen LogP contribution in [0.5, 0.6) is 0 Å². The number of furan rings is 1. The van der Waals surface area contributed by atoms with Crippen LogP contribution in [-0.2, 0) is 0 Å². The van der Waals surface area contributed by atoms with Crippen molar-refractivity contribution in [3.8, 4) is 11.1 Å². The molecule has 120 valence electrons. The molecule has 0 aliphatic carbocycles. The van der Waals surface area contributed by atoms with Crippen molar-refractivity contribution in [2.24, 2.45) is 0 Å². The quantitative estimate of drug-likeness (QED) is 0.252. The van der Waals surface area contributed by atoms with Gasteiger partial charge in [0.15, 0.2) is 0 Å². The molecule has 2 heteroatoms. The normalized spacial score (nSPS) is 11.6. The summed E-state index contributed by atoms with van der Waals surface area (Å²) in [6.45, 7) is 2.13. The van der Waals surface area contributed by atoms with E-state index in [0.29, 0.717) is 0 Å². The molecule has 0 unspecified atom stereocenters. The van der Waals surface area contributed by atoms with Gasteiger partial charge in [-0.15, -0.1) is 0 Å². The number of fused-ring (bicyclic) bond motifs is 4. The Hall–Kier alpha value is -2.33. The van der Waals surface area contributed by atoms with E-state index in [-0.39, 0.29) is 0 Å². The van der Waals surface area contributed by atoms with Gasteiger partial charge < -0.3 is 4.42 Å². The van der Waals surface area contributed by atoms with Crippen LogP contribution in [0, 0.1) is 10.5 Å². The molecule has 1 aromatic heterocycles. The van der Waals surface area contributed by atoms with Gasteiger partial charge in [-0.05, 0) is 58.0 Å². The molecular weight excluding hydrogens is 419 g/mol. The molecule has 0 atom stereocenters. The largest absolute Gasteiger partial charge is 0.454 e. The molecule has 0 aliphatic heterocycles. The molecular formula is C23H15IO. The average Bonchev–Trinajstić information content (AvgIpc) is 2.99. The Balaban J connectivity index is 2.05. The Morgan fingerprint density at radius 3 is 2.40 bits per heavy atom. The molecule has 1 nitrogen and oxygen atoms in total. The van der Waals surface area contributed by atoms with Crippen molar-refractivity contribution in [2.45, 2.75) is 6.92 Å². The predicted molar refractivity (Wildman–Crippen MR) is 114 cm³/mol. The highest BCUT2D eigenvalue weighted by Gasteiger charge is 2.17. The molecule has 0 N–H and O–H groups in total. The summed E-state index contributed by atoms with van der Waals surface area (Å²) in [4.78, 5) is 0. The summed E-state index contributed by atoms with van der Waals surface area (Å²) in [6.07, 6.45) is 0. The lowest BCUT2D eigenvalue weighted by molar-refractivity contribution is 0.668. The second kappa shape index (κ2) is 5.60. The maximum Gasteiger partial charge on any atom is 0.148 e. The molecule has 0 bridgehead atoms. The molecule has 0 fully saturated rings. The molecule has 0 saturated heterocycles. The number of aryl methyl sites for hydroxylation is 1. The van der Waals surface area contributed by atoms with Crippen LogP contribution in [0.15, 0.2) is 77.2 Å². The standard InChI is InChI=1S/C23H15IO/c1-14-6-4-8-16(12-14)21-17-9-3-2-7-15(17)13-19-18-10-5-11-20(24)22(18)25-23(19)21/h2-13H,1H3. The zero-order valence-electron chi connectivity index (χ0n) is 13.7. The van der Waals surface area contributed by atoms with Gasteiger partial charge in [-0.1, -0.05) is 66.2 Å². The maximum absolute atomic E-state index is 6.41. The van der Waals surface area contributed by atoms with Gasteiger partial charge in [0.25, 0.3) is 0 Å². The molecule has 0 spiro atoms. The van der Waals surface area contributed by atoms with E-state index in [4.69, 9.17) is 4.42 Å². The zero-order valence-corrected chi connectivity index (χ0v) is 15.9. The van der Waals surface area contributed by atoms with Gasteiger partial charge in [-0.2, -0.15) is 0 Å². The first-order valence-corrected chi connectivity index (χ1v) is 9.40. The summed E-state index contributed by atoms with van der Waals surface area (Å²) in [7, 11) is 0. The van der Waals surface area contributed by atoms with E-state index in [0.717, 1.165) is 14.7 Å². The van der Waals surface area contributed by atoms with Crippen LogP contribution in [0.1, 0.15) is 5.56 Å². The van der Waals surface area contributed by atoms with Gasteiger partial charge in [0, 0.05) is 16.3 Å². The number of hydrogen-bond donors (Lipinski definition) is 0. The summed E-state index contributed by atoms with van der Waals surface area (Å²) in [5, 5.41) is 4.84. The second-order valence-corrected chi connectivity index (χ2v) is 7.60. The zero-order chi connectivity index (χ0) is 17.0. The number of halogens is 1. The number of hydrogen-bond acceptors (Lipinski definition) is 1. The van der Waals surface area contributed by atoms with E-state index in [2.05, 4.69) is 102 Å². The Morgan fingerprint density at radius 2 is 1.52 bits per heavy atom. The molecule has 4 aromatic carbocycles. The molecule has 0 saturated carbocycles. The minimum absolute atomic E-state index is 0.974. The minimum atomic E-state index is 0.974. The molecule has 0 amide bonds. The summed E-state index contributed by atoms with van der Waals surface area (Å²) in [5.74, 6) is 0. The number of benzene rings is 4. The lowest BCUT2D eigenvalue weighted by Gasteiger charge is -2.09. The highest BCUT2D eigenvalue weighted by Crippen LogP contribution is 2.41. The first-order chi connectivity index (χ1) is 12.2. The average molecular weight is 434 g/mol. The first-order valence-electron chi connectivity index (χ1n) is 8.32. The summed E-state index contributed by atoms with van der Waals surface area (Å²) in [5.41, 5.74) is 5.59. The van der Waals surface area contributed by atoms with Gasteiger partial charge >= 0.3 is 0 Å². The fourth-order valence-electron chi connectivity index (χ4n) is 3.65. The second-order valence-electron chi connectivity index (χ2n) is 6.44. The SMILES string of the molecule is Cc1cccc(-c2c3ccccc3cc3c2oc2c(I)cccc23)c1. The lowest BCUT2D eigenvalue weighted by Crippen LogP contribution is -1.84. The highest BCUT2D eigenvalue weighted by molar-refractivity contribution is 14.1. The third kappa shape index (κ3) is 2.28. The molecule has 5 aromatic rings. The van der Waals surface area contributed by atoms with Crippen molar-refractivity contribution in [3.05, 3.63) is 81.9 Å². The van der Waals surface area contributed by atoms with Crippen molar-refractivity contribution >= 4 is 55.3 Å². The molecule has 5 rings (SSSR count). The van der Waals surface area contributed by atoms with Crippen molar-refractivity contribution in [3.63, 3.8) is 0 Å². The smallest absolute Gasteiger partial charge is 0.148 e. The molecule has 25 heavy (non-hydrogen) atoms. The van der Waals surface area contributed by atoms with E-state index in [1.54, 1.807) is 0 Å². The summed E-state index contributed by atoms with van der Waals surface area (Å²) in [6, 6.07) is 25.8.